The fraction of sp³-hybridized carbons (Fsp3) is 0.348. The number of para-hydroxylation sites is 1. The highest BCUT2D eigenvalue weighted by molar-refractivity contribution is 7.99. The number of nitrogens with zero attached hydrogens (tertiary/aromatic N) is 2. The Morgan fingerprint density at radius 3 is 2.63 bits per heavy atom. The Labute approximate surface area is 179 Å². The fourth-order valence-corrected chi connectivity index (χ4v) is 4.90. The van der Waals surface area contributed by atoms with Gasteiger partial charge in [0.05, 0.1) is 36.4 Å². The summed E-state index contributed by atoms with van der Waals surface area (Å²) < 4.78 is 12.4. The van der Waals surface area contributed by atoms with Crippen LogP contribution in [-0.2, 0) is 0 Å². The molecule has 0 spiro atoms. The normalized spacial score (nSPS) is 14.2. The minimum atomic E-state index is -0.0834. The Morgan fingerprint density at radius 1 is 1.13 bits per heavy atom. The quantitative estimate of drug-likeness (QED) is 0.316. The molecule has 1 aliphatic carbocycles. The molecule has 0 amide bonds. The van der Waals surface area contributed by atoms with E-state index in [1.807, 2.05) is 24.3 Å². The van der Waals surface area contributed by atoms with E-state index in [2.05, 4.69) is 0 Å². The van der Waals surface area contributed by atoms with E-state index in [9.17, 15) is 9.59 Å². The summed E-state index contributed by atoms with van der Waals surface area (Å²) in [5.74, 6) is 1.18. The first-order valence-electron chi connectivity index (χ1n) is 10.0. The van der Waals surface area contributed by atoms with Crippen LogP contribution in [0.25, 0.3) is 10.9 Å². The van der Waals surface area contributed by atoms with Crippen LogP contribution in [0.5, 0.6) is 11.5 Å². The second kappa shape index (κ2) is 8.92. The van der Waals surface area contributed by atoms with Crippen LogP contribution in [0, 0.1) is 0 Å². The molecule has 156 valence electrons. The van der Waals surface area contributed by atoms with E-state index in [-0.39, 0.29) is 23.1 Å². The lowest BCUT2D eigenvalue weighted by molar-refractivity contribution is 0.101. The van der Waals surface area contributed by atoms with Gasteiger partial charge >= 0.3 is 0 Å². The fourth-order valence-electron chi connectivity index (χ4n) is 3.95. The van der Waals surface area contributed by atoms with Crippen LogP contribution in [0.4, 0.5) is 0 Å². The minimum absolute atomic E-state index is 0.0236. The lowest BCUT2D eigenvalue weighted by atomic mass is 10.1. The summed E-state index contributed by atoms with van der Waals surface area (Å²) in [5, 5.41) is 1.23. The average Bonchev–Trinajstić information content (AvgIpc) is 3.31. The van der Waals surface area contributed by atoms with Crippen LogP contribution >= 0.6 is 11.8 Å². The zero-order chi connectivity index (χ0) is 21.1. The molecular formula is C23H24N2O4S. The van der Waals surface area contributed by atoms with Crippen molar-refractivity contribution < 1.29 is 14.3 Å². The Hall–Kier alpha value is -2.80. The monoisotopic (exact) mass is 424 g/mol. The molecule has 7 heteroatoms. The van der Waals surface area contributed by atoms with Crippen molar-refractivity contribution in [3.63, 3.8) is 0 Å². The zero-order valence-corrected chi connectivity index (χ0v) is 17.9. The summed E-state index contributed by atoms with van der Waals surface area (Å²) in [7, 11) is 3.10. The minimum Gasteiger partial charge on any atom is -0.497 e. The number of rotatable bonds is 7. The van der Waals surface area contributed by atoms with Crippen molar-refractivity contribution >= 4 is 28.4 Å². The van der Waals surface area contributed by atoms with Crippen molar-refractivity contribution in [2.24, 2.45) is 0 Å². The molecule has 1 heterocycles. The standard InChI is InChI=1S/C23H24N2O4S/c1-28-16-11-12-18(21(13-16)29-2)20(26)14-30-23-24-19-10-6-5-9-17(19)22(27)25(23)15-7-3-4-8-15/h5-6,9-13,15H,3-4,7-8,14H2,1-2H3. The molecule has 0 saturated heterocycles. The number of methoxy groups -OCH3 is 2. The number of carbonyl (C=O) groups excluding carboxylic acids is 1. The van der Waals surface area contributed by atoms with E-state index in [4.69, 9.17) is 14.5 Å². The van der Waals surface area contributed by atoms with Gasteiger partial charge in [-0.2, -0.15) is 0 Å². The van der Waals surface area contributed by atoms with Crippen LogP contribution in [0.15, 0.2) is 52.4 Å². The Kier molecular flexibility index (Phi) is 6.08. The molecule has 2 aromatic carbocycles. The zero-order valence-electron chi connectivity index (χ0n) is 17.1. The molecule has 3 aromatic rings. The molecule has 1 aliphatic rings. The molecule has 0 unspecified atom stereocenters. The molecule has 0 bridgehead atoms. The van der Waals surface area contributed by atoms with Crippen molar-refractivity contribution in [3.05, 3.63) is 58.4 Å². The number of Topliss-reactive ketones (excluding diaryl/α,β-unsaturated/α-hetero) is 1. The molecule has 1 aromatic heterocycles. The van der Waals surface area contributed by atoms with Gasteiger partial charge in [0.25, 0.3) is 5.56 Å². The third-order valence-corrected chi connectivity index (χ3v) is 6.46. The van der Waals surface area contributed by atoms with Gasteiger partial charge in [-0.15, -0.1) is 0 Å². The Morgan fingerprint density at radius 2 is 1.90 bits per heavy atom. The highest BCUT2D eigenvalue weighted by Crippen LogP contribution is 2.33. The molecule has 0 radical (unpaired) electrons. The van der Waals surface area contributed by atoms with E-state index in [1.165, 1.54) is 18.9 Å². The van der Waals surface area contributed by atoms with Gasteiger partial charge in [-0.25, -0.2) is 4.98 Å². The molecular weight excluding hydrogens is 400 g/mol. The number of ether oxygens (including phenoxy) is 2. The van der Waals surface area contributed by atoms with Crippen LogP contribution < -0.4 is 15.0 Å². The van der Waals surface area contributed by atoms with Gasteiger partial charge in [-0.1, -0.05) is 36.7 Å². The van der Waals surface area contributed by atoms with Gasteiger partial charge in [0.15, 0.2) is 10.9 Å². The van der Waals surface area contributed by atoms with Crippen LogP contribution in [0.1, 0.15) is 42.1 Å². The maximum atomic E-state index is 13.2. The summed E-state index contributed by atoms with van der Waals surface area (Å²) in [5.41, 5.74) is 1.12. The van der Waals surface area contributed by atoms with Crippen LogP contribution in [0.3, 0.4) is 0 Å². The molecule has 4 rings (SSSR count). The predicted octanol–water partition coefficient (Wildman–Crippen LogP) is 4.50. The molecule has 1 saturated carbocycles. The lowest BCUT2D eigenvalue weighted by Gasteiger charge is -2.18. The first-order valence-corrected chi connectivity index (χ1v) is 11.0. The summed E-state index contributed by atoms with van der Waals surface area (Å²) in [4.78, 5) is 30.9. The molecule has 1 fully saturated rings. The third-order valence-electron chi connectivity index (χ3n) is 5.51. The first kappa shape index (κ1) is 20.5. The summed E-state index contributed by atoms with van der Waals surface area (Å²) in [6.45, 7) is 0. The number of thioether (sulfide) groups is 1. The second-order valence-electron chi connectivity index (χ2n) is 7.30. The van der Waals surface area contributed by atoms with Gasteiger partial charge in [-0.05, 0) is 37.1 Å². The van der Waals surface area contributed by atoms with Crippen LogP contribution in [0.2, 0.25) is 0 Å². The SMILES string of the molecule is COc1ccc(C(=O)CSc2nc3ccccc3c(=O)n2C2CCCC2)c(OC)c1. The molecule has 0 aliphatic heterocycles. The number of hydrogen-bond donors (Lipinski definition) is 0. The van der Waals surface area contributed by atoms with Crippen molar-refractivity contribution in [2.45, 2.75) is 36.9 Å². The van der Waals surface area contributed by atoms with Crippen LogP contribution in [-0.4, -0.2) is 35.3 Å². The van der Waals surface area contributed by atoms with Gasteiger partial charge in [-0.3, -0.25) is 14.2 Å². The molecule has 0 atom stereocenters. The predicted molar refractivity (Wildman–Crippen MR) is 118 cm³/mol. The topological polar surface area (TPSA) is 70.4 Å². The molecule has 6 nitrogen and oxygen atoms in total. The maximum absolute atomic E-state index is 13.2. The molecule has 0 N–H and O–H groups in total. The summed E-state index contributed by atoms with van der Waals surface area (Å²) in [6, 6.07) is 12.7. The first-order chi connectivity index (χ1) is 14.6. The van der Waals surface area contributed by atoms with E-state index >= 15 is 0 Å². The van der Waals surface area contributed by atoms with Gasteiger partial charge in [0, 0.05) is 12.1 Å². The number of aromatic nitrogens is 2. The summed E-state index contributed by atoms with van der Waals surface area (Å²) in [6.07, 6.45) is 4.15. The van der Waals surface area contributed by atoms with E-state index in [1.54, 1.807) is 29.9 Å². The van der Waals surface area contributed by atoms with Crippen molar-refractivity contribution in [2.75, 3.05) is 20.0 Å². The second-order valence-corrected chi connectivity index (χ2v) is 8.25. The van der Waals surface area contributed by atoms with Gasteiger partial charge < -0.3 is 9.47 Å². The smallest absolute Gasteiger partial charge is 0.262 e. The number of hydrogen-bond acceptors (Lipinski definition) is 6. The Bertz CT molecular complexity index is 1140. The lowest BCUT2D eigenvalue weighted by Crippen LogP contribution is -2.26. The number of ketones is 1. The number of carbonyl (C=O) groups is 1. The van der Waals surface area contributed by atoms with E-state index < -0.39 is 0 Å². The van der Waals surface area contributed by atoms with Crippen molar-refractivity contribution in [3.8, 4) is 11.5 Å². The largest absolute Gasteiger partial charge is 0.497 e. The van der Waals surface area contributed by atoms with Crippen molar-refractivity contribution in [1.29, 1.82) is 0 Å². The maximum Gasteiger partial charge on any atom is 0.262 e. The highest BCUT2D eigenvalue weighted by atomic mass is 32.2. The van der Waals surface area contributed by atoms with Gasteiger partial charge in [0.2, 0.25) is 0 Å². The highest BCUT2D eigenvalue weighted by Gasteiger charge is 2.24. The third kappa shape index (κ3) is 3.94. The van der Waals surface area contributed by atoms with E-state index in [0.29, 0.717) is 33.1 Å². The van der Waals surface area contributed by atoms with E-state index in [0.717, 1.165) is 25.7 Å². The van der Waals surface area contributed by atoms with Gasteiger partial charge in [0.1, 0.15) is 11.5 Å². The average molecular weight is 425 g/mol. The number of fused-ring (bicyclic) bond motifs is 1. The molecule has 30 heavy (non-hydrogen) atoms. The number of benzene rings is 2. The Balaban J connectivity index is 1.66. The summed E-state index contributed by atoms with van der Waals surface area (Å²) >= 11 is 1.31. The van der Waals surface area contributed by atoms with Crippen molar-refractivity contribution in [1.82, 2.24) is 9.55 Å².